The van der Waals surface area contributed by atoms with Crippen LogP contribution in [0.15, 0.2) is 35.5 Å². The van der Waals surface area contributed by atoms with Crippen LogP contribution in [0.4, 0.5) is 5.82 Å². The van der Waals surface area contributed by atoms with Crippen LogP contribution >= 0.6 is 11.8 Å². The molecule has 102 valence electrons. The molecule has 0 fully saturated rings. The van der Waals surface area contributed by atoms with E-state index in [9.17, 15) is 0 Å². The first-order valence-electron chi connectivity index (χ1n) is 6.10. The highest BCUT2D eigenvalue weighted by Crippen LogP contribution is 2.24. The largest absolute Gasteiger partial charge is 0.439 e. The summed E-state index contributed by atoms with van der Waals surface area (Å²) in [5.41, 5.74) is 0.550. The molecule has 1 heterocycles. The summed E-state index contributed by atoms with van der Waals surface area (Å²) in [6.45, 7) is 2.77. The van der Waals surface area contributed by atoms with Crippen molar-refractivity contribution in [2.75, 3.05) is 18.1 Å². The number of ether oxygens (including phenoxy) is 1. The summed E-state index contributed by atoms with van der Waals surface area (Å²) in [7, 11) is 0. The van der Waals surface area contributed by atoms with Crippen LogP contribution in [-0.2, 0) is 0 Å². The standard InChI is InChI=1S/C14H14N4OS/c1-3-16-12-8-13(18-14(17-12)20-2)19-11-6-4-5-10(7-11)9-15/h4-8H,3H2,1-2H3,(H,16,17,18). The molecule has 2 aromatic rings. The number of nitrogens with one attached hydrogen (secondary N) is 1. The Balaban J connectivity index is 2.27. The van der Waals surface area contributed by atoms with Crippen LogP contribution in [0.1, 0.15) is 12.5 Å². The average molecular weight is 286 g/mol. The van der Waals surface area contributed by atoms with Gasteiger partial charge in [-0.25, -0.2) is 4.98 Å². The fourth-order valence-electron chi connectivity index (χ4n) is 1.57. The fraction of sp³-hybridized carbons (Fsp3) is 0.214. The summed E-state index contributed by atoms with van der Waals surface area (Å²) in [6, 6.07) is 10.8. The molecule has 0 bridgehead atoms. The lowest BCUT2D eigenvalue weighted by Crippen LogP contribution is -2.02. The van der Waals surface area contributed by atoms with Crippen LogP contribution in [-0.4, -0.2) is 22.8 Å². The van der Waals surface area contributed by atoms with Crippen LogP contribution in [0.3, 0.4) is 0 Å². The summed E-state index contributed by atoms with van der Waals surface area (Å²) in [5.74, 6) is 1.76. The predicted molar refractivity (Wildman–Crippen MR) is 79.2 cm³/mol. The second-order valence-corrected chi connectivity index (χ2v) is 4.62. The monoisotopic (exact) mass is 286 g/mol. The summed E-state index contributed by atoms with van der Waals surface area (Å²) in [6.07, 6.45) is 1.91. The van der Waals surface area contributed by atoms with E-state index in [1.807, 2.05) is 13.2 Å². The van der Waals surface area contributed by atoms with E-state index in [2.05, 4.69) is 21.4 Å². The third-order valence-corrected chi connectivity index (χ3v) is 2.96. The Morgan fingerprint density at radius 2 is 2.20 bits per heavy atom. The Hall–Kier alpha value is -2.26. The molecule has 0 aliphatic heterocycles. The van der Waals surface area contributed by atoms with E-state index >= 15 is 0 Å². The van der Waals surface area contributed by atoms with E-state index in [1.54, 1.807) is 30.3 Å². The van der Waals surface area contributed by atoms with Crippen molar-refractivity contribution in [3.63, 3.8) is 0 Å². The molecule has 1 N–H and O–H groups in total. The number of rotatable bonds is 5. The van der Waals surface area contributed by atoms with Gasteiger partial charge in [-0.1, -0.05) is 17.8 Å². The minimum absolute atomic E-state index is 0.454. The second kappa shape index (κ2) is 6.78. The van der Waals surface area contributed by atoms with Crippen molar-refractivity contribution in [3.8, 4) is 17.7 Å². The maximum atomic E-state index is 8.88. The van der Waals surface area contributed by atoms with Gasteiger partial charge in [-0.15, -0.1) is 0 Å². The lowest BCUT2D eigenvalue weighted by molar-refractivity contribution is 0.456. The van der Waals surface area contributed by atoms with E-state index in [-0.39, 0.29) is 0 Å². The number of thioether (sulfide) groups is 1. The molecule has 20 heavy (non-hydrogen) atoms. The van der Waals surface area contributed by atoms with E-state index in [0.717, 1.165) is 12.4 Å². The number of nitrogens with zero attached hydrogens (tertiary/aromatic N) is 3. The van der Waals surface area contributed by atoms with Crippen LogP contribution in [0, 0.1) is 11.3 Å². The molecule has 1 aromatic carbocycles. The third kappa shape index (κ3) is 3.62. The van der Waals surface area contributed by atoms with Gasteiger partial charge in [0, 0.05) is 12.6 Å². The first kappa shape index (κ1) is 14.2. The first-order valence-corrected chi connectivity index (χ1v) is 7.32. The Kier molecular flexibility index (Phi) is 4.80. The fourth-order valence-corrected chi connectivity index (χ4v) is 1.94. The molecule has 1 aromatic heterocycles. The third-order valence-electron chi connectivity index (χ3n) is 2.41. The maximum absolute atomic E-state index is 8.88. The highest BCUT2D eigenvalue weighted by atomic mass is 32.2. The van der Waals surface area contributed by atoms with Gasteiger partial charge in [0.05, 0.1) is 11.6 Å². The number of hydrogen-bond acceptors (Lipinski definition) is 6. The average Bonchev–Trinajstić information content (AvgIpc) is 2.47. The van der Waals surface area contributed by atoms with Gasteiger partial charge in [-0.2, -0.15) is 10.2 Å². The van der Waals surface area contributed by atoms with Gasteiger partial charge in [-0.3, -0.25) is 0 Å². The molecular formula is C14H14N4OS. The predicted octanol–water partition coefficient (Wildman–Crippen LogP) is 3.29. The Morgan fingerprint density at radius 3 is 2.90 bits per heavy atom. The van der Waals surface area contributed by atoms with E-state index in [4.69, 9.17) is 10.00 Å². The molecule has 0 saturated carbocycles. The van der Waals surface area contributed by atoms with Crippen molar-refractivity contribution < 1.29 is 4.74 Å². The van der Waals surface area contributed by atoms with Crippen molar-refractivity contribution in [2.24, 2.45) is 0 Å². The van der Waals surface area contributed by atoms with Crippen molar-refractivity contribution in [1.82, 2.24) is 9.97 Å². The van der Waals surface area contributed by atoms with E-state index in [1.165, 1.54) is 11.8 Å². The lowest BCUT2D eigenvalue weighted by atomic mass is 10.2. The highest BCUT2D eigenvalue weighted by molar-refractivity contribution is 7.98. The molecule has 0 aliphatic rings. The Morgan fingerprint density at radius 1 is 1.35 bits per heavy atom. The highest BCUT2D eigenvalue weighted by Gasteiger charge is 2.06. The molecule has 0 unspecified atom stereocenters. The zero-order valence-electron chi connectivity index (χ0n) is 11.3. The lowest BCUT2D eigenvalue weighted by Gasteiger charge is -2.09. The smallest absolute Gasteiger partial charge is 0.225 e. The van der Waals surface area contributed by atoms with Crippen LogP contribution in [0.2, 0.25) is 0 Å². The molecule has 0 spiro atoms. The van der Waals surface area contributed by atoms with Gasteiger partial charge in [0.1, 0.15) is 11.6 Å². The maximum Gasteiger partial charge on any atom is 0.225 e. The zero-order chi connectivity index (χ0) is 14.4. The molecular weight excluding hydrogens is 272 g/mol. The topological polar surface area (TPSA) is 70.8 Å². The van der Waals surface area contributed by atoms with Gasteiger partial charge in [0.15, 0.2) is 5.16 Å². The van der Waals surface area contributed by atoms with Crippen LogP contribution in [0.25, 0.3) is 0 Å². The van der Waals surface area contributed by atoms with E-state index in [0.29, 0.717) is 22.3 Å². The van der Waals surface area contributed by atoms with Gasteiger partial charge < -0.3 is 10.1 Å². The molecule has 0 saturated heterocycles. The quantitative estimate of drug-likeness (QED) is 0.671. The number of benzene rings is 1. The summed E-state index contributed by atoms with van der Waals surface area (Å²) in [5, 5.41) is 12.6. The Labute approximate surface area is 122 Å². The molecule has 6 heteroatoms. The zero-order valence-corrected chi connectivity index (χ0v) is 12.1. The summed E-state index contributed by atoms with van der Waals surface area (Å²) >= 11 is 1.45. The molecule has 0 amide bonds. The van der Waals surface area contributed by atoms with Crippen molar-refractivity contribution >= 4 is 17.6 Å². The van der Waals surface area contributed by atoms with Crippen molar-refractivity contribution in [1.29, 1.82) is 5.26 Å². The molecule has 0 aliphatic carbocycles. The number of anilines is 1. The molecule has 2 rings (SSSR count). The normalized spacial score (nSPS) is 9.85. The van der Waals surface area contributed by atoms with Crippen LogP contribution < -0.4 is 10.1 Å². The molecule has 0 atom stereocenters. The first-order chi connectivity index (χ1) is 9.75. The van der Waals surface area contributed by atoms with Gasteiger partial charge >= 0.3 is 0 Å². The van der Waals surface area contributed by atoms with Gasteiger partial charge in [0.25, 0.3) is 0 Å². The summed E-state index contributed by atoms with van der Waals surface area (Å²) in [4.78, 5) is 8.62. The van der Waals surface area contributed by atoms with Crippen LogP contribution in [0.5, 0.6) is 11.6 Å². The second-order valence-electron chi connectivity index (χ2n) is 3.85. The minimum Gasteiger partial charge on any atom is -0.439 e. The Bertz CT molecular complexity index is 639. The van der Waals surface area contributed by atoms with Crippen molar-refractivity contribution in [3.05, 3.63) is 35.9 Å². The SMILES string of the molecule is CCNc1cc(Oc2cccc(C#N)c2)nc(SC)n1. The van der Waals surface area contributed by atoms with Gasteiger partial charge in [0.2, 0.25) is 5.88 Å². The van der Waals surface area contributed by atoms with E-state index < -0.39 is 0 Å². The number of nitriles is 1. The molecule has 5 nitrogen and oxygen atoms in total. The minimum atomic E-state index is 0.454. The summed E-state index contributed by atoms with van der Waals surface area (Å²) < 4.78 is 5.69. The van der Waals surface area contributed by atoms with Gasteiger partial charge in [-0.05, 0) is 31.4 Å². The number of aromatic nitrogens is 2. The van der Waals surface area contributed by atoms with Crippen molar-refractivity contribution in [2.45, 2.75) is 12.1 Å². The number of hydrogen-bond donors (Lipinski definition) is 1. The molecule has 0 radical (unpaired) electrons.